The molecule has 0 rings (SSSR count). The van der Waals surface area contributed by atoms with Crippen LogP contribution in [0.4, 0.5) is 0 Å². The van der Waals surface area contributed by atoms with Crippen LogP contribution in [0.3, 0.4) is 0 Å². The third-order valence-corrected chi connectivity index (χ3v) is 4.56. The van der Waals surface area contributed by atoms with E-state index in [2.05, 4.69) is 37.9 Å². The van der Waals surface area contributed by atoms with E-state index in [1.807, 2.05) is 7.05 Å². The molecule has 2 nitrogen and oxygen atoms in total. The number of hydrogen-bond donors (Lipinski definition) is 1. The normalized spacial score (nSPS) is 17.8. The molecule has 0 aromatic rings. The lowest BCUT2D eigenvalue weighted by molar-refractivity contribution is 0.114. The van der Waals surface area contributed by atoms with E-state index >= 15 is 0 Å². The minimum absolute atomic E-state index is 0.148. The van der Waals surface area contributed by atoms with Crippen LogP contribution in [-0.2, 0) is 0 Å². The summed E-state index contributed by atoms with van der Waals surface area (Å²) in [5.41, 5.74) is 0. The third kappa shape index (κ3) is 2.69. The molecule has 0 radical (unpaired) electrons. The standard InChI is InChI=1S/C9H23ClN2Si/c1-6-12(7-2)9(10,11-5)8(3,4)13/h11H,6-7H2,1-5,13H3. The molecule has 0 fully saturated rings. The van der Waals surface area contributed by atoms with Crippen molar-refractivity contribution >= 4 is 21.8 Å². The van der Waals surface area contributed by atoms with Gasteiger partial charge in [0.05, 0.1) is 0 Å². The summed E-state index contributed by atoms with van der Waals surface area (Å²) in [5, 5.41) is 3.01. The highest BCUT2D eigenvalue weighted by atomic mass is 35.5. The summed E-state index contributed by atoms with van der Waals surface area (Å²) < 4.78 is 0. The van der Waals surface area contributed by atoms with E-state index in [1.54, 1.807) is 0 Å². The summed E-state index contributed by atoms with van der Waals surface area (Å²) >= 11 is 6.62. The van der Waals surface area contributed by atoms with Crippen molar-refractivity contribution in [1.82, 2.24) is 10.2 Å². The van der Waals surface area contributed by atoms with E-state index in [9.17, 15) is 0 Å². The fourth-order valence-electron chi connectivity index (χ4n) is 1.67. The van der Waals surface area contributed by atoms with Gasteiger partial charge in [0.25, 0.3) is 0 Å². The number of rotatable bonds is 5. The summed E-state index contributed by atoms with van der Waals surface area (Å²) in [7, 11) is 3.00. The first kappa shape index (κ1) is 13.4. The second-order valence-electron chi connectivity index (χ2n) is 4.29. The van der Waals surface area contributed by atoms with Gasteiger partial charge in [-0.05, 0) is 25.2 Å². The molecule has 4 heteroatoms. The predicted molar refractivity (Wildman–Crippen MR) is 64.5 cm³/mol. The van der Waals surface area contributed by atoms with Crippen molar-refractivity contribution in [3.05, 3.63) is 0 Å². The Kier molecular flexibility index (Phi) is 4.94. The molecule has 0 heterocycles. The van der Waals surface area contributed by atoms with E-state index in [4.69, 9.17) is 11.6 Å². The van der Waals surface area contributed by atoms with Gasteiger partial charge in [0.15, 0.2) is 5.12 Å². The van der Waals surface area contributed by atoms with Crippen molar-refractivity contribution in [2.75, 3.05) is 20.1 Å². The molecule has 0 bridgehead atoms. The molecule has 0 aliphatic heterocycles. The zero-order chi connectivity index (χ0) is 10.7. The van der Waals surface area contributed by atoms with Crippen molar-refractivity contribution in [2.24, 2.45) is 0 Å². The largest absolute Gasteiger partial charge is 0.289 e. The van der Waals surface area contributed by atoms with Crippen molar-refractivity contribution in [2.45, 2.75) is 37.9 Å². The Balaban J connectivity index is 4.80. The van der Waals surface area contributed by atoms with Gasteiger partial charge in [-0.2, -0.15) is 0 Å². The molecule has 0 aromatic carbocycles. The van der Waals surface area contributed by atoms with Gasteiger partial charge in [0.2, 0.25) is 0 Å². The highest BCUT2D eigenvalue weighted by Gasteiger charge is 2.42. The Morgan fingerprint density at radius 1 is 1.31 bits per heavy atom. The molecule has 13 heavy (non-hydrogen) atoms. The molecule has 0 aromatic heterocycles. The molecule has 0 amide bonds. The second-order valence-corrected chi connectivity index (χ2v) is 7.34. The van der Waals surface area contributed by atoms with Gasteiger partial charge in [-0.1, -0.05) is 39.3 Å². The van der Waals surface area contributed by atoms with Crippen molar-refractivity contribution in [1.29, 1.82) is 0 Å². The molecule has 0 saturated carbocycles. The first-order valence-electron chi connectivity index (χ1n) is 4.96. The lowest BCUT2D eigenvalue weighted by Crippen LogP contribution is -2.59. The Morgan fingerprint density at radius 3 is 1.77 bits per heavy atom. The van der Waals surface area contributed by atoms with E-state index in [0.717, 1.165) is 23.3 Å². The highest BCUT2D eigenvalue weighted by molar-refractivity contribution is 6.30. The highest BCUT2D eigenvalue weighted by Crippen LogP contribution is 2.40. The summed E-state index contributed by atoms with van der Waals surface area (Å²) in [6.45, 7) is 10.7. The van der Waals surface area contributed by atoms with Crippen LogP contribution in [-0.4, -0.2) is 40.4 Å². The lowest BCUT2D eigenvalue weighted by atomic mass is 10.1. The van der Waals surface area contributed by atoms with E-state index < -0.39 is 0 Å². The van der Waals surface area contributed by atoms with Crippen molar-refractivity contribution in [3.63, 3.8) is 0 Å². The van der Waals surface area contributed by atoms with Gasteiger partial charge in [-0.15, -0.1) is 0 Å². The van der Waals surface area contributed by atoms with Crippen LogP contribution in [0.25, 0.3) is 0 Å². The summed E-state index contributed by atoms with van der Waals surface area (Å²) in [6, 6.07) is 0. The zero-order valence-electron chi connectivity index (χ0n) is 9.74. The third-order valence-electron chi connectivity index (χ3n) is 2.52. The first-order chi connectivity index (χ1) is 5.83. The van der Waals surface area contributed by atoms with Crippen LogP contribution in [0.2, 0.25) is 5.04 Å². The quantitative estimate of drug-likeness (QED) is 0.323. The zero-order valence-corrected chi connectivity index (χ0v) is 12.5. The van der Waals surface area contributed by atoms with Gasteiger partial charge in [0.1, 0.15) is 0 Å². The maximum atomic E-state index is 6.62. The number of halogens is 1. The predicted octanol–water partition coefficient (Wildman–Crippen LogP) is 1.00. The monoisotopic (exact) mass is 222 g/mol. The van der Waals surface area contributed by atoms with Crippen LogP contribution in [0.15, 0.2) is 0 Å². The Bertz CT molecular complexity index is 154. The molecular weight excluding hydrogens is 200 g/mol. The molecule has 0 spiro atoms. The van der Waals surface area contributed by atoms with Gasteiger partial charge in [0, 0.05) is 10.2 Å². The maximum absolute atomic E-state index is 6.62. The molecule has 0 aliphatic carbocycles. The average molecular weight is 223 g/mol. The first-order valence-corrected chi connectivity index (χ1v) is 6.34. The Labute approximate surface area is 90.4 Å². The van der Waals surface area contributed by atoms with Gasteiger partial charge in [-0.3, -0.25) is 10.2 Å². The minimum Gasteiger partial charge on any atom is -0.289 e. The van der Waals surface area contributed by atoms with Crippen molar-refractivity contribution < 1.29 is 0 Å². The molecular formula is C9H23ClN2Si. The summed E-state index contributed by atoms with van der Waals surface area (Å²) in [6.07, 6.45) is 0. The topological polar surface area (TPSA) is 15.3 Å². The van der Waals surface area contributed by atoms with E-state index in [0.29, 0.717) is 0 Å². The smallest absolute Gasteiger partial charge is 0.150 e. The Hall–Kier alpha value is 0.427. The molecule has 0 aliphatic rings. The number of nitrogens with one attached hydrogen (secondary N) is 1. The van der Waals surface area contributed by atoms with Gasteiger partial charge >= 0.3 is 0 Å². The minimum atomic E-state index is -0.386. The van der Waals surface area contributed by atoms with Crippen molar-refractivity contribution in [3.8, 4) is 0 Å². The molecule has 80 valence electrons. The SMILES string of the molecule is CCN(CC)C(Cl)(NC)C(C)(C)[SiH3]. The van der Waals surface area contributed by atoms with E-state index in [-0.39, 0.29) is 10.2 Å². The number of nitrogens with zero attached hydrogens (tertiary/aromatic N) is 1. The number of alkyl halides is 1. The molecule has 0 saturated heterocycles. The summed E-state index contributed by atoms with van der Waals surface area (Å²) in [5.74, 6) is 0. The van der Waals surface area contributed by atoms with Crippen LogP contribution >= 0.6 is 11.6 Å². The van der Waals surface area contributed by atoms with Crippen LogP contribution in [0, 0.1) is 0 Å². The van der Waals surface area contributed by atoms with Crippen LogP contribution in [0.1, 0.15) is 27.7 Å². The molecule has 1 unspecified atom stereocenters. The fraction of sp³-hybridized carbons (Fsp3) is 1.00. The number of hydrogen-bond acceptors (Lipinski definition) is 2. The Morgan fingerprint density at radius 2 is 1.69 bits per heavy atom. The fourth-order valence-corrected chi connectivity index (χ4v) is 2.47. The second kappa shape index (κ2) is 4.78. The van der Waals surface area contributed by atoms with E-state index in [1.165, 1.54) is 0 Å². The summed E-state index contributed by atoms with van der Waals surface area (Å²) in [4.78, 5) is 2.27. The van der Waals surface area contributed by atoms with Crippen LogP contribution in [0.5, 0.6) is 0 Å². The molecule has 1 N–H and O–H groups in total. The van der Waals surface area contributed by atoms with Gasteiger partial charge < -0.3 is 0 Å². The van der Waals surface area contributed by atoms with Crippen LogP contribution < -0.4 is 5.32 Å². The molecule has 1 atom stereocenters. The maximum Gasteiger partial charge on any atom is 0.150 e. The van der Waals surface area contributed by atoms with Gasteiger partial charge in [-0.25, -0.2) is 0 Å². The lowest BCUT2D eigenvalue weighted by Gasteiger charge is -2.47. The average Bonchev–Trinajstić information content (AvgIpc) is 2.04.